The molecular formula is C34H34N5NaO3. The van der Waals surface area contributed by atoms with Crippen LogP contribution < -0.4 is 34.9 Å². The average molecular weight is 584 g/mol. The fourth-order valence-electron chi connectivity index (χ4n) is 6.22. The van der Waals surface area contributed by atoms with Crippen LogP contribution in [0.3, 0.4) is 0 Å². The molecule has 2 aliphatic rings. The van der Waals surface area contributed by atoms with Gasteiger partial charge in [0.1, 0.15) is 12.2 Å². The molecule has 1 unspecified atom stereocenters. The number of likely N-dealkylation sites (N-methyl/N-ethyl adjacent to an activating group) is 1. The summed E-state index contributed by atoms with van der Waals surface area (Å²) in [6, 6.07) is 32.9. The van der Waals surface area contributed by atoms with Crippen molar-refractivity contribution in [1.82, 2.24) is 25.1 Å². The fourth-order valence-corrected chi connectivity index (χ4v) is 6.22. The molecule has 3 atom stereocenters. The van der Waals surface area contributed by atoms with Crippen LogP contribution in [0.15, 0.2) is 97.1 Å². The molecule has 2 saturated heterocycles. The van der Waals surface area contributed by atoms with Crippen molar-refractivity contribution in [2.75, 3.05) is 13.6 Å². The van der Waals surface area contributed by atoms with E-state index in [9.17, 15) is 14.4 Å². The van der Waals surface area contributed by atoms with Crippen molar-refractivity contribution < 1.29 is 43.9 Å². The van der Waals surface area contributed by atoms with Gasteiger partial charge in [-0.1, -0.05) is 72.8 Å². The second kappa shape index (κ2) is 13.3. The summed E-state index contributed by atoms with van der Waals surface area (Å²) in [6.07, 6.45) is -0.336. The number of nitrogens with one attached hydrogen (secondary N) is 1. The molecule has 2 fully saturated rings. The summed E-state index contributed by atoms with van der Waals surface area (Å²) in [5.74, 6) is -0.297. The smallest absolute Gasteiger partial charge is 0.333 e. The number of hydrogen-bond donors (Lipinski definition) is 1. The van der Waals surface area contributed by atoms with Gasteiger partial charge >= 0.3 is 35.6 Å². The van der Waals surface area contributed by atoms with Crippen LogP contribution in [0.4, 0.5) is 4.79 Å². The van der Waals surface area contributed by atoms with E-state index in [1.165, 1.54) is 0 Å². The van der Waals surface area contributed by atoms with Crippen molar-refractivity contribution in [2.24, 2.45) is 0 Å². The molecule has 2 heterocycles. The number of fused-ring (bicyclic) bond motifs is 2. The van der Waals surface area contributed by atoms with E-state index >= 15 is 0 Å². The third kappa shape index (κ3) is 6.19. The third-order valence-electron chi connectivity index (χ3n) is 8.31. The summed E-state index contributed by atoms with van der Waals surface area (Å²) < 4.78 is 0. The molecule has 1 N–H and O–H groups in total. The zero-order valence-corrected chi connectivity index (χ0v) is 26.8. The van der Waals surface area contributed by atoms with Gasteiger partial charge in [0.15, 0.2) is 0 Å². The molecule has 214 valence electrons. The number of carbonyl (C=O) groups is 3. The minimum atomic E-state index is -0.755. The minimum absolute atomic E-state index is 0. The average Bonchev–Trinajstić information content (AvgIpc) is 3.01. The van der Waals surface area contributed by atoms with Crippen molar-refractivity contribution >= 4 is 28.6 Å². The maximum Gasteiger partial charge on any atom is 1.00 e. The molecule has 0 aromatic heterocycles. The van der Waals surface area contributed by atoms with Gasteiger partial charge in [-0.3, -0.25) is 9.59 Å². The summed E-state index contributed by atoms with van der Waals surface area (Å²) in [5, 5.41) is 8.49. The van der Waals surface area contributed by atoms with Gasteiger partial charge < -0.3 is 15.1 Å². The topological polar surface area (TPSA) is 76.2 Å². The fraction of sp³-hybridized carbons (Fsp3) is 0.265. The number of hydrazine groups is 1. The summed E-state index contributed by atoms with van der Waals surface area (Å²) in [7, 11) is 1.75. The molecule has 0 radical (unpaired) electrons. The van der Waals surface area contributed by atoms with Crippen LogP contribution in [0.5, 0.6) is 0 Å². The van der Waals surface area contributed by atoms with Crippen LogP contribution in [-0.2, 0) is 29.1 Å². The molecule has 0 spiro atoms. The second-order valence-corrected chi connectivity index (χ2v) is 11.0. The normalized spacial score (nSPS) is 20.5. The van der Waals surface area contributed by atoms with Gasteiger partial charge in [0, 0.05) is 20.1 Å². The molecule has 0 aliphatic carbocycles. The van der Waals surface area contributed by atoms with E-state index in [1.54, 1.807) is 22.0 Å². The van der Waals surface area contributed by atoms with Crippen LogP contribution in [0.1, 0.15) is 23.6 Å². The molecule has 0 saturated carbocycles. The number of urea groups is 1. The summed E-state index contributed by atoms with van der Waals surface area (Å²) in [6.45, 7) is 2.64. The predicted octanol–water partition coefficient (Wildman–Crippen LogP) is 1.21. The predicted molar refractivity (Wildman–Crippen MR) is 161 cm³/mol. The van der Waals surface area contributed by atoms with Crippen LogP contribution in [0.2, 0.25) is 0 Å². The van der Waals surface area contributed by atoms with Gasteiger partial charge in [-0.25, -0.2) is 14.8 Å². The Morgan fingerprint density at radius 3 is 2.37 bits per heavy atom. The van der Waals surface area contributed by atoms with E-state index in [4.69, 9.17) is 0 Å². The van der Waals surface area contributed by atoms with Crippen LogP contribution in [0.25, 0.3) is 10.8 Å². The van der Waals surface area contributed by atoms with Crippen molar-refractivity contribution in [3.05, 3.63) is 120 Å². The van der Waals surface area contributed by atoms with Gasteiger partial charge in [-0.15, -0.1) is 0 Å². The standard InChI is InChI=1S/C34H34N5O3.Na/c1-24-32-38(31(40)23-36(2)39(32)34(42)35-21-26-14-7-4-8-15-26)30(20-25-12-5-3-6-13-25)33(41)37(24)22-28-18-11-17-27-16-9-10-19-29(27)28;/h4-19,24,30,32H,20-23H2,1-2H3,(H,35,42);/q-1;+1/t24-,30-,32?;/m0./s1. The molecular weight excluding hydrogens is 549 g/mol. The number of benzene rings is 4. The van der Waals surface area contributed by atoms with E-state index in [1.807, 2.05) is 90.7 Å². The molecule has 8 nitrogen and oxygen atoms in total. The number of carbonyl (C=O) groups excluding carboxylic acids is 3. The second-order valence-electron chi connectivity index (χ2n) is 11.0. The molecule has 4 aromatic carbocycles. The van der Waals surface area contributed by atoms with E-state index in [-0.39, 0.29) is 53.9 Å². The number of piperazine rings is 1. The number of amides is 4. The Hall–Kier alpha value is -3.69. The van der Waals surface area contributed by atoms with E-state index in [0.717, 1.165) is 27.5 Å². The number of rotatable bonds is 6. The van der Waals surface area contributed by atoms with Crippen molar-refractivity contribution in [1.29, 1.82) is 0 Å². The Morgan fingerprint density at radius 1 is 0.907 bits per heavy atom. The monoisotopic (exact) mass is 583 g/mol. The van der Waals surface area contributed by atoms with Gasteiger partial charge in [0.2, 0.25) is 11.8 Å². The van der Waals surface area contributed by atoms with E-state index in [2.05, 4.69) is 29.6 Å². The minimum Gasteiger partial charge on any atom is -0.333 e. The maximum atomic E-state index is 14.3. The maximum absolute atomic E-state index is 14.3. The van der Waals surface area contributed by atoms with E-state index in [0.29, 0.717) is 19.5 Å². The molecule has 43 heavy (non-hydrogen) atoms. The molecule has 4 amide bonds. The molecule has 4 aromatic rings. The van der Waals surface area contributed by atoms with Gasteiger partial charge in [0.05, 0.1) is 12.6 Å². The van der Waals surface area contributed by atoms with Gasteiger partial charge in [-0.2, -0.15) is 35.9 Å². The first-order chi connectivity index (χ1) is 20.4. The van der Waals surface area contributed by atoms with Crippen LogP contribution in [-0.4, -0.2) is 69.5 Å². The zero-order valence-electron chi connectivity index (χ0n) is 24.8. The Labute approximate surface area is 274 Å². The first-order valence-corrected chi connectivity index (χ1v) is 14.3. The van der Waals surface area contributed by atoms with Crippen LogP contribution in [0, 0.1) is 6.07 Å². The van der Waals surface area contributed by atoms with E-state index < -0.39 is 18.2 Å². The summed E-state index contributed by atoms with van der Waals surface area (Å²) in [4.78, 5) is 45.3. The number of nitrogens with zero attached hydrogens (tertiary/aromatic N) is 4. The van der Waals surface area contributed by atoms with Crippen molar-refractivity contribution in [2.45, 2.75) is 44.7 Å². The largest absolute Gasteiger partial charge is 1.00 e. The van der Waals surface area contributed by atoms with Crippen molar-refractivity contribution in [3.63, 3.8) is 0 Å². The molecule has 0 bridgehead atoms. The third-order valence-corrected chi connectivity index (χ3v) is 8.31. The first kappa shape index (κ1) is 30.8. The van der Waals surface area contributed by atoms with Gasteiger partial charge in [0.25, 0.3) is 0 Å². The Kier molecular flexibility index (Phi) is 9.52. The van der Waals surface area contributed by atoms with Gasteiger partial charge in [-0.05, 0) is 35.2 Å². The number of hydrogen-bond acceptors (Lipinski definition) is 4. The van der Waals surface area contributed by atoms with Crippen LogP contribution >= 0.6 is 0 Å². The first-order valence-electron chi connectivity index (χ1n) is 14.3. The summed E-state index contributed by atoms with van der Waals surface area (Å²) in [5.41, 5.74) is 2.92. The quantitative estimate of drug-likeness (QED) is 0.274. The van der Waals surface area contributed by atoms with Crippen molar-refractivity contribution in [3.8, 4) is 0 Å². The Morgan fingerprint density at radius 2 is 1.60 bits per heavy atom. The Bertz CT molecular complexity index is 1600. The summed E-state index contributed by atoms with van der Waals surface area (Å²) >= 11 is 0. The molecule has 6 rings (SSSR count). The SMILES string of the molecule is C[C@H]1C2N(C(=O)CN(C)N2C(=O)NCc2ccccc2)[C@@H](Cc2cc[c-]cc2)C(=O)N1Cc1cccc2ccccc12.[Na+]. The molecule has 2 aliphatic heterocycles. The molecule has 9 heteroatoms. The Balaban J connectivity index is 0.00000368. The zero-order chi connectivity index (χ0) is 29.2.